The minimum Gasteiger partial charge on any atom is -0.345 e. The van der Waals surface area contributed by atoms with Crippen LogP contribution >= 0.6 is 11.3 Å². The first-order valence-corrected chi connectivity index (χ1v) is 9.39. The van der Waals surface area contributed by atoms with Gasteiger partial charge in [0.2, 0.25) is 0 Å². The Morgan fingerprint density at radius 3 is 2.68 bits per heavy atom. The Morgan fingerprint density at radius 1 is 1.20 bits per heavy atom. The fourth-order valence-corrected chi connectivity index (χ4v) is 4.18. The van der Waals surface area contributed by atoms with Crippen molar-refractivity contribution in [1.29, 1.82) is 0 Å². The van der Waals surface area contributed by atoms with E-state index in [4.69, 9.17) is 4.98 Å². The number of aromatic nitrogens is 3. The third-order valence-electron chi connectivity index (χ3n) is 4.62. The average Bonchev–Trinajstić information content (AvgIpc) is 3.26. The highest BCUT2D eigenvalue weighted by molar-refractivity contribution is 7.22. The van der Waals surface area contributed by atoms with Gasteiger partial charge in [0, 0.05) is 39.4 Å². The van der Waals surface area contributed by atoms with Crippen LogP contribution in [0.5, 0.6) is 0 Å². The van der Waals surface area contributed by atoms with Crippen molar-refractivity contribution in [3.8, 4) is 0 Å². The molecule has 3 heterocycles. The molecule has 0 saturated carbocycles. The van der Waals surface area contributed by atoms with Crippen LogP contribution in [0, 0.1) is 0 Å². The third kappa shape index (κ3) is 3.11. The number of aryl methyl sites for hydroxylation is 2. The molecule has 1 aliphatic heterocycles. The Morgan fingerprint density at radius 2 is 2.00 bits per heavy atom. The molecule has 130 valence electrons. The number of piperazine rings is 1. The molecule has 4 rings (SSSR count). The molecule has 7 heteroatoms. The number of thiazole rings is 1. The van der Waals surface area contributed by atoms with E-state index in [-0.39, 0.29) is 5.91 Å². The van der Waals surface area contributed by atoms with E-state index >= 15 is 0 Å². The average molecular weight is 355 g/mol. The largest absolute Gasteiger partial charge is 0.345 e. The molecule has 0 unspecified atom stereocenters. The van der Waals surface area contributed by atoms with Gasteiger partial charge in [-0.2, -0.15) is 5.10 Å². The molecule has 1 aromatic carbocycles. The van der Waals surface area contributed by atoms with Crippen LogP contribution < -0.4 is 4.90 Å². The van der Waals surface area contributed by atoms with Gasteiger partial charge in [-0.05, 0) is 30.2 Å². The summed E-state index contributed by atoms with van der Waals surface area (Å²) in [6.45, 7) is 5.18. The van der Waals surface area contributed by atoms with Crippen molar-refractivity contribution in [3.63, 3.8) is 0 Å². The van der Waals surface area contributed by atoms with Crippen molar-refractivity contribution in [3.05, 3.63) is 41.7 Å². The summed E-state index contributed by atoms with van der Waals surface area (Å²) in [6.07, 6.45) is 2.84. The molecular formula is C18H21N5OS. The van der Waals surface area contributed by atoms with Crippen LogP contribution in [0.4, 0.5) is 5.13 Å². The van der Waals surface area contributed by atoms with E-state index in [2.05, 4.69) is 35.1 Å². The maximum atomic E-state index is 12.5. The molecule has 0 radical (unpaired) electrons. The fourth-order valence-electron chi connectivity index (χ4n) is 3.10. The first kappa shape index (κ1) is 16.1. The minimum atomic E-state index is 0.0112. The number of rotatable bonds is 3. The topological polar surface area (TPSA) is 54.3 Å². The van der Waals surface area contributed by atoms with Crippen LogP contribution in [0.25, 0.3) is 10.2 Å². The lowest BCUT2D eigenvalue weighted by Gasteiger charge is -2.34. The van der Waals surface area contributed by atoms with Gasteiger partial charge in [0.25, 0.3) is 5.91 Å². The standard InChI is InChI=1S/C18H21N5OS/c1-3-13-4-5-14-16(12-13)25-18(19-14)23-10-8-22(9-11-23)17(24)15-6-7-21(2)20-15/h4-7,12H,3,8-11H2,1-2H3. The molecule has 2 aromatic heterocycles. The Labute approximate surface area is 150 Å². The Kier molecular flexibility index (Phi) is 4.17. The van der Waals surface area contributed by atoms with Crippen molar-refractivity contribution in [2.24, 2.45) is 7.05 Å². The molecule has 1 aliphatic rings. The van der Waals surface area contributed by atoms with Gasteiger partial charge in [-0.1, -0.05) is 24.3 Å². The normalized spacial score (nSPS) is 15.1. The SMILES string of the molecule is CCc1ccc2nc(N3CCN(C(=O)c4ccn(C)n4)CC3)sc2c1. The van der Waals surface area contributed by atoms with Gasteiger partial charge in [0.05, 0.1) is 10.2 Å². The van der Waals surface area contributed by atoms with Crippen LogP contribution in [0.1, 0.15) is 23.0 Å². The van der Waals surface area contributed by atoms with Crippen molar-refractivity contribution in [2.45, 2.75) is 13.3 Å². The maximum Gasteiger partial charge on any atom is 0.274 e. The summed E-state index contributed by atoms with van der Waals surface area (Å²) in [5.41, 5.74) is 2.92. The van der Waals surface area contributed by atoms with E-state index in [1.54, 1.807) is 28.3 Å². The molecule has 1 fully saturated rings. The predicted octanol–water partition coefficient (Wildman–Crippen LogP) is 2.55. The maximum absolute atomic E-state index is 12.5. The number of hydrogen-bond acceptors (Lipinski definition) is 5. The number of fused-ring (bicyclic) bond motifs is 1. The lowest BCUT2D eigenvalue weighted by Crippen LogP contribution is -2.48. The van der Waals surface area contributed by atoms with Crippen molar-refractivity contribution >= 4 is 32.6 Å². The highest BCUT2D eigenvalue weighted by Crippen LogP contribution is 2.30. The summed E-state index contributed by atoms with van der Waals surface area (Å²) < 4.78 is 2.90. The van der Waals surface area contributed by atoms with Crippen LogP contribution in [-0.2, 0) is 13.5 Å². The second kappa shape index (κ2) is 6.48. The molecule has 0 N–H and O–H groups in total. The highest BCUT2D eigenvalue weighted by atomic mass is 32.1. The van der Waals surface area contributed by atoms with E-state index in [1.807, 2.05) is 11.9 Å². The molecule has 0 spiro atoms. The zero-order valence-corrected chi connectivity index (χ0v) is 15.3. The number of nitrogens with zero attached hydrogens (tertiary/aromatic N) is 5. The lowest BCUT2D eigenvalue weighted by molar-refractivity contribution is 0.0740. The second-order valence-electron chi connectivity index (χ2n) is 6.31. The smallest absolute Gasteiger partial charge is 0.274 e. The Bertz CT molecular complexity index is 907. The van der Waals surface area contributed by atoms with E-state index < -0.39 is 0 Å². The Balaban J connectivity index is 1.45. The summed E-state index contributed by atoms with van der Waals surface area (Å²) in [7, 11) is 1.83. The van der Waals surface area contributed by atoms with Gasteiger partial charge in [0.15, 0.2) is 5.13 Å². The van der Waals surface area contributed by atoms with Gasteiger partial charge in [-0.25, -0.2) is 4.98 Å². The van der Waals surface area contributed by atoms with Gasteiger partial charge in [-0.15, -0.1) is 0 Å². The highest BCUT2D eigenvalue weighted by Gasteiger charge is 2.25. The number of carbonyl (C=O) groups excluding carboxylic acids is 1. The molecular weight excluding hydrogens is 334 g/mol. The molecule has 1 saturated heterocycles. The molecule has 6 nitrogen and oxygen atoms in total. The first-order valence-electron chi connectivity index (χ1n) is 8.57. The zero-order valence-electron chi connectivity index (χ0n) is 14.5. The van der Waals surface area contributed by atoms with Gasteiger partial charge in [-0.3, -0.25) is 9.48 Å². The molecule has 1 amide bonds. The molecule has 0 atom stereocenters. The van der Waals surface area contributed by atoms with E-state index in [0.29, 0.717) is 18.8 Å². The molecule has 0 bridgehead atoms. The van der Waals surface area contributed by atoms with Crippen molar-refractivity contribution in [1.82, 2.24) is 19.7 Å². The van der Waals surface area contributed by atoms with Gasteiger partial charge < -0.3 is 9.80 Å². The van der Waals surface area contributed by atoms with Crippen LogP contribution in [0.3, 0.4) is 0 Å². The lowest BCUT2D eigenvalue weighted by atomic mass is 10.2. The summed E-state index contributed by atoms with van der Waals surface area (Å²) in [4.78, 5) is 21.4. The first-order chi connectivity index (χ1) is 12.1. The third-order valence-corrected chi connectivity index (χ3v) is 5.70. The quantitative estimate of drug-likeness (QED) is 0.725. The summed E-state index contributed by atoms with van der Waals surface area (Å²) in [5.74, 6) is 0.0112. The van der Waals surface area contributed by atoms with E-state index in [0.717, 1.165) is 30.2 Å². The fraction of sp³-hybridized carbons (Fsp3) is 0.389. The summed E-state index contributed by atoms with van der Waals surface area (Å²) >= 11 is 1.74. The minimum absolute atomic E-state index is 0.0112. The van der Waals surface area contributed by atoms with Gasteiger partial charge in [0.1, 0.15) is 5.69 Å². The van der Waals surface area contributed by atoms with Crippen LogP contribution in [0.15, 0.2) is 30.5 Å². The number of benzene rings is 1. The number of hydrogen-bond donors (Lipinski definition) is 0. The molecule has 25 heavy (non-hydrogen) atoms. The van der Waals surface area contributed by atoms with E-state index in [1.165, 1.54) is 10.3 Å². The van der Waals surface area contributed by atoms with Crippen LogP contribution in [-0.4, -0.2) is 51.8 Å². The van der Waals surface area contributed by atoms with Crippen molar-refractivity contribution < 1.29 is 4.79 Å². The number of anilines is 1. The predicted molar refractivity (Wildman–Crippen MR) is 100 cm³/mol. The molecule has 0 aliphatic carbocycles. The molecule has 3 aromatic rings. The number of amides is 1. The zero-order chi connectivity index (χ0) is 17.4. The van der Waals surface area contributed by atoms with Crippen molar-refractivity contribution in [2.75, 3.05) is 31.1 Å². The monoisotopic (exact) mass is 355 g/mol. The van der Waals surface area contributed by atoms with Crippen LogP contribution in [0.2, 0.25) is 0 Å². The second-order valence-corrected chi connectivity index (χ2v) is 7.32. The Hall–Kier alpha value is -2.41. The number of carbonyl (C=O) groups is 1. The van der Waals surface area contributed by atoms with E-state index in [9.17, 15) is 4.79 Å². The summed E-state index contributed by atoms with van der Waals surface area (Å²) in [5, 5.41) is 5.26. The summed E-state index contributed by atoms with van der Waals surface area (Å²) in [6, 6.07) is 8.26. The van der Waals surface area contributed by atoms with Gasteiger partial charge >= 0.3 is 0 Å².